The number of carbonyl (C=O) groups is 1. The van der Waals surface area contributed by atoms with Crippen molar-refractivity contribution < 1.29 is 9.53 Å². The van der Waals surface area contributed by atoms with Crippen LogP contribution < -0.4 is 5.32 Å². The molecular formula is C22H21N3O2. The highest BCUT2D eigenvalue weighted by Gasteiger charge is 2.46. The molecular weight excluding hydrogens is 338 g/mol. The summed E-state index contributed by atoms with van der Waals surface area (Å²) in [5.74, 6) is 0. The fourth-order valence-electron chi connectivity index (χ4n) is 4.27. The van der Waals surface area contributed by atoms with Gasteiger partial charge in [0.15, 0.2) is 0 Å². The molecule has 5 nitrogen and oxygen atoms in total. The first-order chi connectivity index (χ1) is 13.3. The zero-order chi connectivity index (χ0) is 18.3. The number of ether oxygens (including phenoxy) is 1. The maximum atomic E-state index is 12.7. The molecule has 5 rings (SSSR count). The molecule has 2 aromatic carbocycles. The highest BCUT2D eigenvalue weighted by molar-refractivity contribution is 5.82. The van der Waals surface area contributed by atoms with E-state index < -0.39 is 0 Å². The van der Waals surface area contributed by atoms with Crippen LogP contribution in [0.1, 0.15) is 23.1 Å². The largest absolute Gasteiger partial charge is 0.364 e. The summed E-state index contributed by atoms with van der Waals surface area (Å²) < 4.78 is 6.14. The highest BCUT2D eigenvalue weighted by atomic mass is 16.5. The average Bonchev–Trinajstić information content (AvgIpc) is 3.32. The lowest BCUT2D eigenvalue weighted by molar-refractivity contribution is -0.0272. The molecule has 2 aliphatic rings. The number of hydrogen-bond acceptors (Lipinski definition) is 3. The molecule has 3 aromatic rings. The summed E-state index contributed by atoms with van der Waals surface area (Å²) in [6.45, 7) is 2.40. The number of urea groups is 1. The number of rotatable bonds is 2. The van der Waals surface area contributed by atoms with Gasteiger partial charge in [-0.15, -0.1) is 0 Å². The molecule has 1 saturated heterocycles. The smallest absolute Gasteiger partial charge is 0.317 e. The van der Waals surface area contributed by atoms with E-state index in [0.717, 1.165) is 22.9 Å². The average molecular weight is 359 g/mol. The topological polar surface area (TPSA) is 54.5 Å². The molecule has 5 heteroatoms. The van der Waals surface area contributed by atoms with Crippen LogP contribution in [0.15, 0.2) is 60.8 Å². The number of para-hydroxylation sites is 1. The van der Waals surface area contributed by atoms with E-state index in [9.17, 15) is 4.79 Å². The molecule has 3 heterocycles. The number of nitrogens with one attached hydrogen (secondary N) is 1. The second-order valence-corrected chi connectivity index (χ2v) is 7.26. The minimum Gasteiger partial charge on any atom is -0.364 e. The number of aromatic nitrogens is 1. The monoisotopic (exact) mass is 359 g/mol. The van der Waals surface area contributed by atoms with E-state index in [-0.39, 0.29) is 11.6 Å². The number of likely N-dealkylation sites (tertiary alicyclic amines) is 1. The van der Waals surface area contributed by atoms with Crippen molar-refractivity contribution in [2.45, 2.75) is 25.2 Å². The van der Waals surface area contributed by atoms with Crippen LogP contribution in [0, 0.1) is 0 Å². The molecule has 1 fully saturated rings. The summed E-state index contributed by atoms with van der Waals surface area (Å²) in [6.07, 6.45) is 2.63. The molecule has 0 bridgehead atoms. The minimum atomic E-state index is -0.338. The van der Waals surface area contributed by atoms with Gasteiger partial charge >= 0.3 is 6.03 Å². The third-order valence-electron chi connectivity index (χ3n) is 5.68. The molecule has 0 saturated carbocycles. The van der Waals surface area contributed by atoms with E-state index >= 15 is 0 Å². The van der Waals surface area contributed by atoms with Crippen molar-refractivity contribution in [2.24, 2.45) is 0 Å². The zero-order valence-electron chi connectivity index (χ0n) is 15.0. The minimum absolute atomic E-state index is 0.0483. The van der Waals surface area contributed by atoms with Crippen LogP contribution in [-0.4, -0.2) is 29.0 Å². The van der Waals surface area contributed by atoms with Gasteiger partial charge in [-0.1, -0.05) is 48.5 Å². The van der Waals surface area contributed by atoms with Crippen LogP contribution in [0.2, 0.25) is 0 Å². The summed E-state index contributed by atoms with van der Waals surface area (Å²) >= 11 is 0. The van der Waals surface area contributed by atoms with Gasteiger partial charge in [-0.25, -0.2) is 4.79 Å². The van der Waals surface area contributed by atoms with Crippen molar-refractivity contribution in [2.75, 3.05) is 13.1 Å². The van der Waals surface area contributed by atoms with Crippen LogP contribution in [0.5, 0.6) is 0 Å². The van der Waals surface area contributed by atoms with Crippen molar-refractivity contribution >= 4 is 16.9 Å². The van der Waals surface area contributed by atoms with Crippen molar-refractivity contribution in [3.05, 3.63) is 77.5 Å². The number of hydrogen-bond donors (Lipinski definition) is 1. The Morgan fingerprint density at radius 2 is 2.04 bits per heavy atom. The van der Waals surface area contributed by atoms with Crippen LogP contribution in [-0.2, 0) is 23.5 Å². The Morgan fingerprint density at radius 3 is 3.00 bits per heavy atom. The van der Waals surface area contributed by atoms with Gasteiger partial charge in [-0.05, 0) is 22.8 Å². The molecule has 0 aliphatic carbocycles. The van der Waals surface area contributed by atoms with Gasteiger partial charge in [0.1, 0.15) is 5.60 Å². The lowest BCUT2D eigenvalue weighted by atomic mass is 9.92. The van der Waals surface area contributed by atoms with Crippen LogP contribution in [0.4, 0.5) is 4.79 Å². The van der Waals surface area contributed by atoms with E-state index in [1.54, 1.807) is 6.20 Å². The lowest BCUT2D eigenvalue weighted by Gasteiger charge is -2.25. The van der Waals surface area contributed by atoms with Gasteiger partial charge in [0.2, 0.25) is 0 Å². The van der Waals surface area contributed by atoms with E-state index in [0.29, 0.717) is 26.2 Å². The second kappa shape index (κ2) is 6.35. The number of pyridine rings is 1. The van der Waals surface area contributed by atoms with E-state index in [4.69, 9.17) is 4.74 Å². The molecule has 1 atom stereocenters. The van der Waals surface area contributed by atoms with Crippen molar-refractivity contribution in [1.82, 2.24) is 15.2 Å². The molecule has 1 aromatic heterocycles. The molecule has 136 valence electrons. The number of nitrogens with zero attached hydrogens (tertiary/aromatic N) is 2. The van der Waals surface area contributed by atoms with Gasteiger partial charge in [0, 0.05) is 31.1 Å². The third-order valence-corrected chi connectivity index (χ3v) is 5.68. The molecule has 0 radical (unpaired) electrons. The molecule has 2 aliphatic heterocycles. The highest BCUT2D eigenvalue weighted by Crippen LogP contribution is 2.43. The third kappa shape index (κ3) is 2.75. The van der Waals surface area contributed by atoms with E-state index in [1.165, 1.54) is 11.1 Å². The first-order valence-corrected chi connectivity index (χ1v) is 9.33. The van der Waals surface area contributed by atoms with Crippen molar-refractivity contribution in [3.63, 3.8) is 0 Å². The Bertz CT molecular complexity index is 1010. The zero-order valence-corrected chi connectivity index (χ0v) is 15.0. The second-order valence-electron chi connectivity index (χ2n) is 7.26. The lowest BCUT2D eigenvalue weighted by Crippen LogP contribution is -2.40. The summed E-state index contributed by atoms with van der Waals surface area (Å²) in [5.41, 5.74) is 4.10. The van der Waals surface area contributed by atoms with E-state index in [2.05, 4.69) is 22.4 Å². The fourth-order valence-corrected chi connectivity index (χ4v) is 4.27. The van der Waals surface area contributed by atoms with Crippen LogP contribution in [0.25, 0.3) is 10.9 Å². The Labute approximate surface area is 158 Å². The van der Waals surface area contributed by atoms with Crippen LogP contribution in [0.3, 0.4) is 0 Å². The predicted molar refractivity (Wildman–Crippen MR) is 103 cm³/mol. The summed E-state index contributed by atoms with van der Waals surface area (Å²) in [5, 5.41) is 4.14. The summed E-state index contributed by atoms with van der Waals surface area (Å²) in [4.78, 5) is 19.1. The Kier molecular flexibility index (Phi) is 3.83. The first-order valence-electron chi connectivity index (χ1n) is 9.33. The number of fused-ring (bicyclic) bond motifs is 3. The molecule has 1 unspecified atom stereocenters. The van der Waals surface area contributed by atoms with Crippen molar-refractivity contribution in [1.29, 1.82) is 0 Å². The fraction of sp³-hybridized carbons (Fsp3) is 0.273. The predicted octanol–water partition coefficient (Wildman–Crippen LogP) is 3.58. The Morgan fingerprint density at radius 1 is 1.15 bits per heavy atom. The van der Waals surface area contributed by atoms with Gasteiger partial charge < -0.3 is 15.0 Å². The first kappa shape index (κ1) is 16.3. The van der Waals surface area contributed by atoms with Gasteiger partial charge in [0.05, 0.1) is 18.7 Å². The maximum Gasteiger partial charge on any atom is 0.317 e. The quantitative estimate of drug-likeness (QED) is 0.761. The normalized spacial score (nSPS) is 21.0. The van der Waals surface area contributed by atoms with Gasteiger partial charge in [0.25, 0.3) is 0 Å². The van der Waals surface area contributed by atoms with Gasteiger partial charge in [-0.2, -0.15) is 0 Å². The Hall–Kier alpha value is -2.92. The SMILES string of the molecule is O=C(NCc1cccc2cccnc12)N1CCC2(C1)OCc1ccccc12. The molecule has 2 amide bonds. The number of carbonyl (C=O) groups excluding carboxylic acids is 1. The number of amides is 2. The maximum absolute atomic E-state index is 12.7. The summed E-state index contributed by atoms with van der Waals surface area (Å²) in [7, 11) is 0. The van der Waals surface area contributed by atoms with E-state index in [1.807, 2.05) is 47.4 Å². The summed E-state index contributed by atoms with van der Waals surface area (Å²) in [6, 6.07) is 18.3. The van der Waals surface area contributed by atoms with Gasteiger partial charge in [-0.3, -0.25) is 4.98 Å². The van der Waals surface area contributed by atoms with Crippen LogP contribution >= 0.6 is 0 Å². The number of benzene rings is 2. The molecule has 1 N–H and O–H groups in total. The molecule has 1 spiro atoms. The Balaban J connectivity index is 1.29. The standard InChI is InChI=1S/C22H21N3O2/c26-21(24-13-17-7-3-6-16-8-4-11-23-20(16)17)25-12-10-22(15-25)19-9-2-1-5-18(19)14-27-22/h1-9,11H,10,12-15H2,(H,24,26). The molecule has 27 heavy (non-hydrogen) atoms. The van der Waals surface area contributed by atoms with Crippen molar-refractivity contribution in [3.8, 4) is 0 Å².